The molecule has 0 atom stereocenters. The van der Waals surface area contributed by atoms with Gasteiger partial charge in [0.15, 0.2) is 17.3 Å². The second kappa shape index (κ2) is 5.33. The van der Waals surface area contributed by atoms with E-state index in [2.05, 4.69) is 0 Å². The van der Waals surface area contributed by atoms with E-state index in [1.54, 1.807) is 30.3 Å². The Morgan fingerprint density at radius 3 is 2.55 bits per heavy atom. The third-order valence-corrected chi connectivity index (χ3v) is 3.13. The Labute approximate surface area is 115 Å². The molecule has 1 aliphatic rings. The number of ketones is 1. The number of halogens is 1. The number of ether oxygens (including phenoxy) is 2. The molecular weight excluding hydrogens is 259 g/mol. The molecule has 0 saturated heterocycles. The van der Waals surface area contributed by atoms with Crippen LogP contribution in [0.2, 0.25) is 0 Å². The Balaban J connectivity index is 1.97. The summed E-state index contributed by atoms with van der Waals surface area (Å²) in [6.45, 7) is 1.14. The zero-order valence-electron chi connectivity index (χ0n) is 10.8. The minimum atomic E-state index is -0.524. The third-order valence-electron chi connectivity index (χ3n) is 3.13. The zero-order chi connectivity index (χ0) is 13.9. The highest BCUT2D eigenvalue weighted by molar-refractivity contribution is 6.09. The van der Waals surface area contributed by atoms with Crippen LogP contribution in [0.25, 0.3) is 0 Å². The lowest BCUT2D eigenvalue weighted by molar-refractivity contribution is 0.103. The van der Waals surface area contributed by atoms with E-state index in [0.29, 0.717) is 30.3 Å². The smallest absolute Gasteiger partial charge is 0.196 e. The van der Waals surface area contributed by atoms with E-state index >= 15 is 0 Å². The molecule has 0 amide bonds. The first-order valence-corrected chi connectivity index (χ1v) is 6.44. The fourth-order valence-electron chi connectivity index (χ4n) is 2.11. The van der Waals surface area contributed by atoms with Gasteiger partial charge < -0.3 is 9.47 Å². The summed E-state index contributed by atoms with van der Waals surface area (Å²) < 4.78 is 24.7. The molecule has 0 aromatic heterocycles. The molecule has 0 bridgehead atoms. The number of hydrogen-bond acceptors (Lipinski definition) is 3. The van der Waals surface area contributed by atoms with Gasteiger partial charge in [0.2, 0.25) is 0 Å². The van der Waals surface area contributed by atoms with Gasteiger partial charge in [-0.25, -0.2) is 4.39 Å². The fourth-order valence-corrected chi connectivity index (χ4v) is 2.11. The van der Waals surface area contributed by atoms with Crippen LogP contribution in [-0.4, -0.2) is 19.0 Å². The van der Waals surface area contributed by atoms with Crippen molar-refractivity contribution in [2.24, 2.45) is 0 Å². The van der Waals surface area contributed by atoms with Crippen LogP contribution in [0.1, 0.15) is 22.3 Å². The average molecular weight is 272 g/mol. The van der Waals surface area contributed by atoms with Gasteiger partial charge in [-0.15, -0.1) is 0 Å². The molecular formula is C16H13FO3. The predicted octanol–water partition coefficient (Wildman–Crippen LogP) is 3.22. The highest BCUT2D eigenvalue weighted by atomic mass is 19.1. The zero-order valence-corrected chi connectivity index (χ0v) is 10.8. The normalized spacial score (nSPS) is 13.7. The topological polar surface area (TPSA) is 35.5 Å². The van der Waals surface area contributed by atoms with E-state index in [0.717, 1.165) is 6.42 Å². The van der Waals surface area contributed by atoms with Crippen molar-refractivity contribution in [1.82, 2.24) is 0 Å². The maximum atomic E-state index is 13.7. The summed E-state index contributed by atoms with van der Waals surface area (Å²) in [5, 5.41) is 0. The molecule has 0 unspecified atom stereocenters. The lowest BCUT2D eigenvalue weighted by Gasteiger charge is -2.09. The quantitative estimate of drug-likeness (QED) is 0.787. The van der Waals surface area contributed by atoms with Gasteiger partial charge in [-0.05, 0) is 30.3 Å². The molecule has 1 aliphatic heterocycles. The van der Waals surface area contributed by atoms with Gasteiger partial charge in [-0.3, -0.25) is 4.79 Å². The number of benzene rings is 2. The van der Waals surface area contributed by atoms with Gasteiger partial charge >= 0.3 is 0 Å². The molecule has 102 valence electrons. The monoisotopic (exact) mass is 272 g/mol. The highest BCUT2D eigenvalue weighted by Gasteiger charge is 2.17. The number of rotatable bonds is 2. The Hall–Kier alpha value is -2.36. The lowest BCUT2D eigenvalue weighted by Crippen LogP contribution is -2.04. The van der Waals surface area contributed by atoms with Crippen molar-refractivity contribution in [3.63, 3.8) is 0 Å². The summed E-state index contributed by atoms with van der Waals surface area (Å²) in [7, 11) is 0. The van der Waals surface area contributed by atoms with Crippen molar-refractivity contribution in [1.29, 1.82) is 0 Å². The van der Waals surface area contributed by atoms with Gasteiger partial charge in [0, 0.05) is 12.0 Å². The largest absolute Gasteiger partial charge is 0.490 e. The molecule has 2 aromatic carbocycles. The first kappa shape index (κ1) is 12.7. The van der Waals surface area contributed by atoms with Crippen molar-refractivity contribution in [3.05, 3.63) is 59.4 Å². The van der Waals surface area contributed by atoms with Crippen LogP contribution in [0, 0.1) is 5.82 Å². The second-order valence-electron chi connectivity index (χ2n) is 4.52. The molecule has 0 fully saturated rings. The van der Waals surface area contributed by atoms with Crippen molar-refractivity contribution >= 4 is 5.78 Å². The van der Waals surface area contributed by atoms with Crippen LogP contribution in [0.5, 0.6) is 11.5 Å². The average Bonchev–Trinajstić information content (AvgIpc) is 2.71. The standard InChI is InChI=1S/C16H13FO3/c17-13-5-2-1-4-12(13)16(18)11-6-7-14-15(10-11)20-9-3-8-19-14/h1-2,4-7,10H,3,8-9H2. The maximum Gasteiger partial charge on any atom is 0.196 e. The molecule has 3 rings (SSSR count). The molecule has 1 heterocycles. The molecule has 20 heavy (non-hydrogen) atoms. The second-order valence-corrected chi connectivity index (χ2v) is 4.52. The number of carbonyl (C=O) groups is 1. The van der Waals surface area contributed by atoms with E-state index in [9.17, 15) is 9.18 Å². The van der Waals surface area contributed by atoms with Crippen molar-refractivity contribution in [2.45, 2.75) is 6.42 Å². The minimum absolute atomic E-state index is 0.0574. The Morgan fingerprint density at radius 2 is 1.75 bits per heavy atom. The number of carbonyl (C=O) groups excluding carboxylic acids is 1. The summed E-state index contributed by atoms with van der Waals surface area (Å²) in [6, 6.07) is 10.9. The van der Waals surface area contributed by atoms with Crippen LogP contribution < -0.4 is 9.47 Å². The van der Waals surface area contributed by atoms with Crippen LogP contribution in [-0.2, 0) is 0 Å². The van der Waals surface area contributed by atoms with E-state index in [4.69, 9.17) is 9.47 Å². The maximum absolute atomic E-state index is 13.7. The van der Waals surface area contributed by atoms with Crippen molar-refractivity contribution < 1.29 is 18.7 Å². The molecule has 0 radical (unpaired) electrons. The van der Waals surface area contributed by atoms with E-state index in [1.807, 2.05) is 0 Å². The first-order valence-electron chi connectivity index (χ1n) is 6.44. The molecule has 0 N–H and O–H groups in total. The Morgan fingerprint density at radius 1 is 1.00 bits per heavy atom. The first-order chi connectivity index (χ1) is 9.75. The SMILES string of the molecule is O=C(c1ccc2c(c1)OCCCO2)c1ccccc1F. The summed E-state index contributed by atoms with van der Waals surface area (Å²) in [5.41, 5.74) is 0.446. The summed E-state index contributed by atoms with van der Waals surface area (Å²) in [4.78, 5) is 12.3. The van der Waals surface area contributed by atoms with Crippen molar-refractivity contribution in [3.8, 4) is 11.5 Å². The summed E-state index contributed by atoms with van der Waals surface area (Å²) in [5.74, 6) is 0.264. The summed E-state index contributed by atoms with van der Waals surface area (Å²) in [6.07, 6.45) is 0.797. The van der Waals surface area contributed by atoms with Crippen LogP contribution in [0.3, 0.4) is 0 Å². The van der Waals surface area contributed by atoms with Crippen molar-refractivity contribution in [2.75, 3.05) is 13.2 Å². The van der Waals surface area contributed by atoms with Crippen LogP contribution in [0.15, 0.2) is 42.5 Å². The van der Waals surface area contributed by atoms with Gasteiger partial charge in [0.1, 0.15) is 5.82 Å². The molecule has 0 aliphatic carbocycles. The number of fused-ring (bicyclic) bond motifs is 1. The number of hydrogen-bond donors (Lipinski definition) is 0. The Kier molecular flexibility index (Phi) is 3.37. The minimum Gasteiger partial charge on any atom is -0.490 e. The molecule has 4 heteroatoms. The Bertz CT molecular complexity index is 652. The van der Waals surface area contributed by atoms with Gasteiger partial charge in [0.25, 0.3) is 0 Å². The lowest BCUT2D eigenvalue weighted by atomic mass is 10.0. The molecule has 2 aromatic rings. The van der Waals surface area contributed by atoms with Gasteiger partial charge in [-0.2, -0.15) is 0 Å². The van der Waals surface area contributed by atoms with Gasteiger partial charge in [0.05, 0.1) is 18.8 Å². The fraction of sp³-hybridized carbons (Fsp3) is 0.188. The molecule has 0 saturated carbocycles. The third kappa shape index (κ3) is 2.37. The van der Waals surface area contributed by atoms with E-state index < -0.39 is 5.82 Å². The molecule has 0 spiro atoms. The van der Waals surface area contributed by atoms with E-state index in [-0.39, 0.29) is 11.3 Å². The predicted molar refractivity (Wildman–Crippen MR) is 71.9 cm³/mol. The van der Waals surface area contributed by atoms with Crippen LogP contribution in [0.4, 0.5) is 4.39 Å². The van der Waals surface area contributed by atoms with Gasteiger partial charge in [-0.1, -0.05) is 12.1 Å². The molecule has 3 nitrogen and oxygen atoms in total. The van der Waals surface area contributed by atoms with Crippen LogP contribution >= 0.6 is 0 Å². The van der Waals surface area contributed by atoms with E-state index in [1.165, 1.54) is 12.1 Å². The highest BCUT2D eigenvalue weighted by Crippen LogP contribution is 2.31. The summed E-state index contributed by atoms with van der Waals surface area (Å²) >= 11 is 0.